The molecule has 316 valence electrons. The SMILES string of the molecule is CCc1cc(Oc2ccc(S(=O)(=O)c3ccc(Oc4ccc(N)c(CC)c4)cc3-c3ccc(Oc4ccc(N)cc4)cc3)c(-c3ccc(Oc4ccc(N)cc4)cc3)c2)ccc1N. The molecule has 8 rings (SSSR count). The average molecular weight is 855 g/mol. The van der Waals surface area contributed by atoms with Crippen LogP contribution in [0.15, 0.2) is 180 Å². The Kier molecular flexibility index (Phi) is 11.9. The van der Waals surface area contributed by atoms with Gasteiger partial charge in [-0.25, -0.2) is 8.42 Å². The maximum Gasteiger partial charge on any atom is 0.207 e. The van der Waals surface area contributed by atoms with Crippen molar-refractivity contribution in [2.45, 2.75) is 36.5 Å². The first-order valence-corrected chi connectivity index (χ1v) is 21.9. The van der Waals surface area contributed by atoms with Gasteiger partial charge in [-0.2, -0.15) is 0 Å². The maximum atomic E-state index is 15.3. The Hall–Kier alpha value is -7.89. The summed E-state index contributed by atoms with van der Waals surface area (Å²) >= 11 is 0. The van der Waals surface area contributed by atoms with E-state index in [1.54, 1.807) is 133 Å². The van der Waals surface area contributed by atoms with E-state index in [0.717, 1.165) is 24.0 Å². The van der Waals surface area contributed by atoms with Crippen LogP contribution in [-0.4, -0.2) is 8.42 Å². The predicted octanol–water partition coefficient (Wildman–Crippen LogP) is 12.5. The third-order valence-electron chi connectivity index (χ3n) is 10.5. The van der Waals surface area contributed by atoms with Crippen molar-refractivity contribution in [1.29, 1.82) is 0 Å². The van der Waals surface area contributed by atoms with Gasteiger partial charge in [0.05, 0.1) is 9.79 Å². The van der Waals surface area contributed by atoms with E-state index in [1.165, 1.54) is 0 Å². The molecule has 0 aliphatic heterocycles. The summed E-state index contributed by atoms with van der Waals surface area (Å²) in [6, 6.07) is 49.5. The summed E-state index contributed by atoms with van der Waals surface area (Å²) < 4.78 is 55.4. The highest BCUT2D eigenvalue weighted by Gasteiger charge is 2.27. The maximum absolute atomic E-state index is 15.3. The second-order valence-electron chi connectivity index (χ2n) is 14.8. The molecule has 0 bridgehead atoms. The van der Waals surface area contributed by atoms with Crippen LogP contribution >= 0.6 is 0 Å². The van der Waals surface area contributed by atoms with Gasteiger partial charge in [0.1, 0.15) is 46.0 Å². The molecule has 0 heterocycles. The smallest absolute Gasteiger partial charge is 0.207 e. The molecule has 0 amide bonds. The molecule has 0 spiro atoms. The van der Waals surface area contributed by atoms with Crippen LogP contribution in [0.4, 0.5) is 22.7 Å². The highest BCUT2D eigenvalue weighted by molar-refractivity contribution is 7.91. The summed E-state index contributed by atoms with van der Waals surface area (Å²) in [4.78, 5) is 0.135. The second kappa shape index (κ2) is 18.0. The fraction of sp³-hybridized carbons (Fsp3) is 0.0769. The molecular weight excluding hydrogens is 809 g/mol. The van der Waals surface area contributed by atoms with E-state index >= 15 is 8.42 Å². The molecule has 11 heteroatoms. The lowest BCUT2D eigenvalue weighted by molar-refractivity contribution is 0.481. The quantitative estimate of drug-likeness (QED) is 0.0770. The van der Waals surface area contributed by atoms with Gasteiger partial charge in [0.15, 0.2) is 0 Å². The molecule has 0 unspecified atom stereocenters. The number of hydrogen-bond acceptors (Lipinski definition) is 10. The molecule has 0 aliphatic rings. The van der Waals surface area contributed by atoms with Crippen LogP contribution in [0.2, 0.25) is 0 Å². The Bertz CT molecular complexity index is 2810. The summed E-state index contributed by atoms with van der Waals surface area (Å²) in [5.74, 6) is 4.36. The van der Waals surface area contributed by atoms with Gasteiger partial charge in [0, 0.05) is 33.9 Å². The predicted molar refractivity (Wildman–Crippen MR) is 252 cm³/mol. The number of ether oxygens (including phenoxy) is 4. The lowest BCUT2D eigenvalue weighted by Gasteiger charge is -2.18. The van der Waals surface area contributed by atoms with Crippen molar-refractivity contribution >= 4 is 32.6 Å². The molecule has 0 radical (unpaired) electrons. The van der Waals surface area contributed by atoms with Gasteiger partial charge in [0.25, 0.3) is 0 Å². The minimum absolute atomic E-state index is 0.0675. The van der Waals surface area contributed by atoms with Crippen molar-refractivity contribution < 1.29 is 27.4 Å². The first-order valence-electron chi connectivity index (χ1n) is 20.4. The normalized spacial score (nSPS) is 11.2. The van der Waals surface area contributed by atoms with Crippen LogP contribution in [0.3, 0.4) is 0 Å². The lowest BCUT2D eigenvalue weighted by Crippen LogP contribution is -2.07. The van der Waals surface area contributed by atoms with Crippen LogP contribution < -0.4 is 41.9 Å². The average Bonchev–Trinajstić information content (AvgIpc) is 3.29. The Morgan fingerprint density at radius 3 is 1.00 bits per heavy atom. The van der Waals surface area contributed by atoms with Crippen molar-refractivity contribution in [2.75, 3.05) is 22.9 Å². The Balaban J connectivity index is 1.22. The van der Waals surface area contributed by atoms with Gasteiger partial charge in [-0.1, -0.05) is 38.1 Å². The van der Waals surface area contributed by atoms with Crippen molar-refractivity contribution in [3.8, 4) is 68.2 Å². The van der Waals surface area contributed by atoms with E-state index in [-0.39, 0.29) is 9.79 Å². The number of rotatable bonds is 14. The fourth-order valence-corrected chi connectivity index (χ4v) is 8.77. The molecule has 8 aromatic carbocycles. The fourth-order valence-electron chi connectivity index (χ4n) is 7.11. The van der Waals surface area contributed by atoms with E-state index in [2.05, 4.69) is 0 Å². The minimum Gasteiger partial charge on any atom is -0.457 e. The molecule has 0 fully saturated rings. The zero-order chi connectivity index (χ0) is 44.1. The summed E-state index contributed by atoms with van der Waals surface area (Å²) in [7, 11) is -4.26. The second-order valence-corrected chi connectivity index (χ2v) is 16.7. The van der Waals surface area contributed by atoms with E-state index < -0.39 is 9.84 Å². The molecule has 8 aromatic rings. The standard InChI is InChI=1S/C52H46N4O6S/c1-3-33-29-43(21-25-49(33)55)61-45-23-27-51(47(31-45)35-5-13-39(14-6-35)59-41-17-9-37(53)10-18-41)63(57,58)52-28-24-46(62-44-22-26-50(56)34(4-2)30-44)32-48(52)36-7-15-40(16-8-36)60-42-19-11-38(54)12-20-42/h5-32H,3-4,53-56H2,1-2H3. The van der Waals surface area contributed by atoms with Gasteiger partial charge in [0.2, 0.25) is 9.84 Å². The van der Waals surface area contributed by atoms with Crippen molar-refractivity contribution in [2.24, 2.45) is 0 Å². The van der Waals surface area contributed by atoms with Crippen LogP contribution in [0, 0.1) is 0 Å². The lowest BCUT2D eigenvalue weighted by atomic mass is 10.0. The summed E-state index contributed by atoms with van der Waals surface area (Å²) in [6.07, 6.45) is 1.45. The molecule has 63 heavy (non-hydrogen) atoms. The highest BCUT2D eigenvalue weighted by Crippen LogP contribution is 2.42. The number of anilines is 4. The largest absolute Gasteiger partial charge is 0.457 e. The van der Waals surface area contributed by atoms with E-state index in [4.69, 9.17) is 41.9 Å². The summed E-state index contributed by atoms with van der Waals surface area (Å²) in [5, 5.41) is 0. The Morgan fingerprint density at radius 2 is 0.651 bits per heavy atom. The van der Waals surface area contributed by atoms with Crippen LogP contribution in [0.5, 0.6) is 46.0 Å². The van der Waals surface area contributed by atoms with Crippen molar-refractivity contribution in [3.63, 3.8) is 0 Å². The summed E-state index contributed by atoms with van der Waals surface area (Å²) in [6.45, 7) is 4.04. The Morgan fingerprint density at radius 1 is 0.365 bits per heavy atom. The molecule has 0 aromatic heterocycles. The number of nitrogen functional groups attached to an aromatic ring is 4. The molecule has 0 atom stereocenters. The van der Waals surface area contributed by atoms with E-state index in [1.807, 2.05) is 50.2 Å². The van der Waals surface area contributed by atoms with Crippen LogP contribution in [0.1, 0.15) is 25.0 Å². The topological polar surface area (TPSA) is 175 Å². The van der Waals surface area contributed by atoms with Crippen LogP contribution in [-0.2, 0) is 22.7 Å². The number of benzene rings is 8. The van der Waals surface area contributed by atoms with Gasteiger partial charge in [-0.15, -0.1) is 0 Å². The van der Waals surface area contributed by atoms with Crippen molar-refractivity contribution in [1.82, 2.24) is 0 Å². The Labute approximate surface area is 367 Å². The molecule has 0 saturated carbocycles. The monoisotopic (exact) mass is 854 g/mol. The molecular formula is C52H46N4O6S. The zero-order valence-electron chi connectivity index (χ0n) is 34.7. The van der Waals surface area contributed by atoms with Crippen LogP contribution in [0.25, 0.3) is 22.3 Å². The van der Waals surface area contributed by atoms with Gasteiger partial charge < -0.3 is 41.9 Å². The minimum atomic E-state index is -4.26. The molecule has 8 N–H and O–H groups in total. The zero-order valence-corrected chi connectivity index (χ0v) is 35.6. The van der Waals surface area contributed by atoms with Crippen molar-refractivity contribution in [3.05, 3.63) is 181 Å². The van der Waals surface area contributed by atoms with Gasteiger partial charge in [-0.05, 0) is 181 Å². The number of nitrogens with two attached hydrogens (primary N) is 4. The highest BCUT2D eigenvalue weighted by atomic mass is 32.2. The first kappa shape index (κ1) is 41.8. The summed E-state index contributed by atoms with van der Waals surface area (Å²) in [5.41, 5.74) is 30.7. The number of hydrogen-bond donors (Lipinski definition) is 4. The van der Waals surface area contributed by atoms with Gasteiger partial charge in [-0.3, -0.25) is 0 Å². The number of aryl methyl sites for hydroxylation is 2. The first-order chi connectivity index (χ1) is 30.4. The molecule has 0 saturated heterocycles. The molecule has 0 aliphatic carbocycles. The third-order valence-corrected chi connectivity index (χ3v) is 12.4. The van der Waals surface area contributed by atoms with E-state index in [9.17, 15) is 0 Å². The van der Waals surface area contributed by atoms with Gasteiger partial charge >= 0.3 is 0 Å². The van der Waals surface area contributed by atoms with E-state index in [0.29, 0.717) is 91.0 Å². The third kappa shape index (κ3) is 9.54. The molecule has 10 nitrogen and oxygen atoms in total. The number of sulfone groups is 1.